The summed E-state index contributed by atoms with van der Waals surface area (Å²) in [7, 11) is 0. The standard InChI is InChI=1S/C42H26Br4O6/c43-29-17-25(18-30(44)23-29)21-37(47)35-5-1-3-7-39(35)51-33-13-9-27(10-14-33)41(49)42(50)28-11-15-34(16-12-28)52-40-8-4-2-6-36(40)38(48)22-26-19-31(45)24-32(46)20-26/h1-20,23-24H,21-22H2. The number of rotatable bonds is 13. The van der Waals surface area contributed by atoms with Crippen molar-refractivity contribution in [2.24, 2.45) is 0 Å². The topological polar surface area (TPSA) is 86.7 Å². The first-order chi connectivity index (χ1) is 25.0. The summed E-state index contributed by atoms with van der Waals surface area (Å²) >= 11 is 13.8. The first-order valence-corrected chi connectivity index (χ1v) is 19.0. The van der Waals surface area contributed by atoms with E-state index >= 15 is 0 Å². The fourth-order valence-corrected chi connectivity index (χ4v) is 8.20. The fourth-order valence-electron chi connectivity index (χ4n) is 5.42. The highest BCUT2D eigenvalue weighted by Gasteiger charge is 2.20. The summed E-state index contributed by atoms with van der Waals surface area (Å²) in [6.45, 7) is 0. The third-order valence-corrected chi connectivity index (χ3v) is 9.68. The van der Waals surface area contributed by atoms with Gasteiger partial charge in [-0.2, -0.15) is 0 Å². The van der Waals surface area contributed by atoms with Crippen molar-refractivity contribution in [1.82, 2.24) is 0 Å². The van der Waals surface area contributed by atoms with Gasteiger partial charge >= 0.3 is 0 Å². The molecule has 6 rings (SSSR count). The van der Waals surface area contributed by atoms with E-state index in [0.717, 1.165) is 29.0 Å². The fraction of sp³-hybridized carbons (Fsp3) is 0.0476. The molecular weight excluding hydrogens is 920 g/mol. The van der Waals surface area contributed by atoms with Crippen molar-refractivity contribution in [3.8, 4) is 23.0 Å². The number of Topliss-reactive ketones (excluding diaryl/α,β-unsaturated/α-hetero) is 4. The second kappa shape index (κ2) is 16.9. The van der Waals surface area contributed by atoms with Crippen LogP contribution >= 0.6 is 63.7 Å². The Hall–Kier alpha value is -4.48. The lowest BCUT2D eigenvalue weighted by atomic mass is 10.0. The average molecular weight is 946 g/mol. The average Bonchev–Trinajstić information content (AvgIpc) is 3.11. The van der Waals surface area contributed by atoms with E-state index in [1.165, 1.54) is 24.3 Å². The molecule has 0 N–H and O–H groups in total. The summed E-state index contributed by atoms with van der Waals surface area (Å²) < 4.78 is 15.5. The number of ether oxygens (including phenoxy) is 2. The van der Waals surface area contributed by atoms with E-state index < -0.39 is 11.6 Å². The number of hydrogen-bond acceptors (Lipinski definition) is 6. The summed E-state index contributed by atoms with van der Waals surface area (Å²) in [6.07, 6.45) is 0.360. The van der Waals surface area contributed by atoms with E-state index in [4.69, 9.17) is 9.47 Å². The van der Waals surface area contributed by atoms with Gasteiger partial charge < -0.3 is 9.47 Å². The van der Waals surface area contributed by atoms with Crippen LogP contribution in [0.5, 0.6) is 23.0 Å². The molecule has 0 radical (unpaired) electrons. The Balaban J connectivity index is 1.09. The highest BCUT2D eigenvalue weighted by atomic mass is 79.9. The molecule has 0 aliphatic heterocycles. The quantitative estimate of drug-likeness (QED) is 0.0847. The van der Waals surface area contributed by atoms with Crippen LogP contribution in [0.25, 0.3) is 0 Å². The molecule has 0 fully saturated rings. The minimum absolute atomic E-state index is 0.114. The maximum absolute atomic E-state index is 13.2. The zero-order chi connectivity index (χ0) is 36.8. The number of carbonyl (C=O) groups is 4. The van der Waals surface area contributed by atoms with E-state index in [2.05, 4.69) is 63.7 Å². The molecule has 6 aromatic rings. The van der Waals surface area contributed by atoms with E-state index in [-0.39, 0.29) is 35.5 Å². The molecule has 0 atom stereocenters. The van der Waals surface area contributed by atoms with Crippen LogP contribution in [0.2, 0.25) is 0 Å². The summed E-state index contributed by atoms with van der Waals surface area (Å²) in [5, 5.41) is 0. The number of halogens is 4. The van der Waals surface area contributed by atoms with Crippen molar-refractivity contribution in [2.45, 2.75) is 12.8 Å². The van der Waals surface area contributed by atoms with Crippen molar-refractivity contribution in [1.29, 1.82) is 0 Å². The molecule has 0 aromatic heterocycles. The van der Waals surface area contributed by atoms with Crippen molar-refractivity contribution in [3.05, 3.63) is 185 Å². The molecule has 0 amide bonds. The Morgan fingerprint density at radius 1 is 0.423 bits per heavy atom. The molecule has 0 spiro atoms. The molecule has 52 heavy (non-hydrogen) atoms. The van der Waals surface area contributed by atoms with Crippen molar-refractivity contribution in [2.75, 3.05) is 0 Å². The molecule has 0 aliphatic carbocycles. The van der Waals surface area contributed by atoms with E-state index in [0.29, 0.717) is 34.1 Å². The number of carbonyl (C=O) groups excluding carboxylic acids is 4. The molecule has 0 unspecified atom stereocenters. The number of benzene rings is 6. The number of para-hydroxylation sites is 2. The van der Waals surface area contributed by atoms with Crippen molar-refractivity contribution >= 4 is 86.9 Å². The van der Waals surface area contributed by atoms with E-state index in [1.54, 1.807) is 72.8 Å². The van der Waals surface area contributed by atoms with Gasteiger partial charge in [-0.15, -0.1) is 0 Å². The van der Waals surface area contributed by atoms with Gasteiger partial charge in [0.2, 0.25) is 11.6 Å². The highest BCUT2D eigenvalue weighted by Crippen LogP contribution is 2.30. The minimum Gasteiger partial charge on any atom is -0.457 e. The molecule has 10 heteroatoms. The third kappa shape index (κ3) is 9.49. The summed E-state index contributed by atoms with van der Waals surface area (Å²) in [5.74, 6) is -0.0440. The first kappa shape index (κ1) is 37.3. The smallest absolute Gasteiger partial charge is 0.233 e. The Bertz CT molecular complexity index is 2110. The molecule has 0 saturated carbocycles. The second-order valence-corrected chi connectivity index (χ2v) is 15.3. The van der Waals surface area contributed by atoms with Crippen LogP contribution in [0, 0.1) is 0 Å². The Morgan fingerprint density at radius 3 is 1.10 bits per heavy atom. The molecule has 258 valence electrons. The largest absolute Gasteiger partial charge is 0.457 e. The van der Waals surface area contributed by atoms with Gasteiger partial charge in [0.25, 0.3) is 0 Å². The Labute approximate surface area is 333 Å². The van der Waals surface area contributed by atoms with Gasteiger partial charge in [-0.25, -0.2) is 0 Å². The van der Waals surface area contributed by atoms with E-state index in [1.807, 2.05) is 36.4 Å². The molecule has 0 bridgehead atoms. The van der Waals surface area contributed by atoms with Gasteiger partial charge in [0.15, 0.2) is 11.6 Å². The summed E-state index contributed by atoms with van der Waals surface area (Å²) in [4.78, 5) is 52.7. The van der Waals surface area contributed by atoms with Crippen LogP contribution in [0.3, 0.4) is 0 Å². The number of hydrogen-bond donors (Lipinski definition) is 0. The molecular formula is C42H26Br4O6. The monoisotopic (exact) mass is 942 g/mol. The minimum atomic E-state index is -0.689. The van der Waals surface area contributed by atoms with Gasteiger partial charge in [-0.05, 0) is 120 Å². The summed E-state index contributed by atoms with van der Waals surface area (Å²) in [5.41, 5.74) is 2.90. The van der Waals surface area contributed by atoms with Gasteiger partial charge in [0.05, 0.1) is 11.1 Å². The molecule has 6 aromatic carbocycles. The first-order valence-electron chi connectivity index (χ1n) is 15.8. The van der Waals surface area contributed by atoms with Crippen molar-refractivity contribution in [3.63, 3.8) is 0 Å². The highest BCUT2D eigenvalue weighted by molar-refractivity contribution is 9.11. The van der Waals surface area contributed by atoms with Gasteiger partial charge in [-0.3, -0.25) is 19.2 Å². The second-order valence-electron chi connectivity index (χ2n) is 11.7. The SMILES string of the molecule is O=C(C(=O)c1ccc(Oc2ccccc2C(=O)Cc2cc(Br)cc(Br)c2)cc1)c1ccc(Oc2ccccc2C(=O)Cc2cc(Br)cc(Br)c2)cc1. The molecule has 6 nitrogen and oxygen atoms in total. The van der Waals surface area contributed by atoms with Crippen molar-refractivity contribution < 1.29 is 28.7 Å². The number of ketones is 4. The van der Waals surface area contributed by atoms with Crippen LogP contribution in [0.4, 0.5) is 0 Å². The molecule has 0 saturated heterocycles. The molecule has 0 aliphatic rings. The third-order valence-electron chi connectivity index (χ3n) is 7.84. The normalized spacial score (nSPS) is 10.8. The van der Waals surface area contributed by atoms with Crippen LogP contribution in [-0.4, -0.2) is 23.1 Å². The Kier molecular flexibility index (Phi) is 12.1. The van der Waals surface area contributed by atoms with Crippen LogP contribution in [-0.2, 0) is 12.8 Å². The van der Waals surface area contributed by atoms with Gasteiger partial charge in [-0.1, -0.05) is 88.0 Å². The van der Waals surface area contributed by atoms with Crippen LogP contribution < -0.4 is 9.47 Å². The maximum atomic E-state index is 13.2. The predicted octanol–water partition coefficient (Wildman–Crippen LogP) is 12.2. The van der Waals surface area contributed by atoms with Gasteiger partial charge in [0.1, 0.15) is 23.0 Å². The lowest BCUT2D eigenvalue weighted by Crippen LogP contribution is -2.14. The lowest BCUT2D eigenvalue weighted by Gasteiger charge is -2.12. The van der Waals surface area contributed by atoms with Crippen LogP contribution in [0.15, 0.2) is 151 Å². The summed E-state index contributed by atoms with van der Waals surface area (Å²) in [6, 6.07) is 37.7. The zero-order valence-corrected chi connectivity index (χ0v) is 33.4. The molecule has 0 heterocycles. The predicted molar refractivity (Wildman–Crippen MR) is 214 cm³/mol. The van der Waals surface area contributed by atoms with E-state index in [9.17, 15) is 19.2 Å². The maximum Gasteiger partial charge on any atom is 0.233 e. The van der Waals surface area contributed by atoms with Gasteiger partial charge in [0, 0.05) is 41.9 Å². The Morgan fingerprint density at radius 2 is 0.750 bits per heavy atom. The van der Waals surface area contributed by atoms with Crippen LogP contribution in [0.1, 0.15) is 52.6 Å². The lowest BCUT2D eigenvalue weighted by molar-refractivity contribution is 0.0817. The zero-order valence-electron chi connectivity index (χ0n) is 27.1.